The molecule has 2 atom stereocenters. The van der Waals surface area contributed by atoms with Gasteiger partial charge >= 0.3 is 5.97 Å². The Morgan fingerprint density at radius 1 is 1.82 bits per heavy atom. The average Bonchev–Trinajstić information content (AvgIpc) is 1.87. The molecule has 0 saturated carbocycles. The lowest BCUT2D eigenvalue weighted by Crippen LogP contribution is -2.39. The molecule has 0 amide bonds. The maximum absolute atomic E-state index is 10.5. The summed E-state index contributed by atoms with van der Waals surface area (Å²) in [5, 5.41) is 10.9. The predicted molar refractivity (Wildman–Crippen MR) is 46.3 cm³/mol. The molecule has 0 heterocycles. The van der Waals surface area contributed by atoms with E-state index >= 15 is 0 Å². The van der Waals surface area contributed by atoms with Crippen LogP contribution in [0.5, 0.6) is 0 Å². The van der Waals surface area contributed by atoms with Gasteiger partial charge in [-0.1, -0.05) is 6.92 Å². The quantitative estimate of drug-likeness (QED) is 0.447. The van der Waals surface area contributed by atoms with Crippen molar-refractivity contribution in [2.45, 2.75) is 18.2 Å². The number of aliphatic carboxylic acids is 1. The second-order valence-electron chi connectivity index (χ2n) is 2.08. The number of rotatable bonds is 4. The van der Waals surface area contributed by atoms with Gasteiger partial charge in [-0.15, -0.1) is 0 Å². The summed E-state index contributed by atoms with van der Waals surface area (Å²) in [5.74, 6) is -0.939. The summed E-state index contributed by atoms with van der Waals surface area (Å²) < 4.78 is 0. The monoisotopic (exact) mass is 176 g/mol. The first kappa shape index (κ1) is 10.2. The summed E-state index contributed by atoms with van der Waals surface area (Å²) in [6.45, 7) is 1.69. The molecule has 0 bridgehead atoms. The lowest BCUT2D eigenvalue weighted by molar-refractivity contribution is -0.139. The Kier molecular flexibility index (Phi) is 4.52. The Labute approximate surface area is 70.9 Å². The first-order valence-corrected chi connectivity index (χ1v) is 3.65. The molecule has 0 fully saturated rings. The van der Waals surface area contributed by atoms with E-state index in [9.17, 15) is 4.79 Å². The van der Waals surface area contributed by atoms with Crippen molar-refractivity contribution in [3.63, 3.8) is 0 Å². The van der Waals surface area contributed by atoms with Crippen LogP contribution in [0.15, 0.2) is 12.4 Å². The fourth-order valence-corrected chi connectivity index (χ4v) is 0.790. The summed E-state index contributed by atoms with van der Waals surface area (Å²) >= 11 is 3.99. The van der Waals surface area contributed by atoms with Crippen molar-refractivity contribution in [3.05, 3.63) is 12.4 Å². The minimum Gasteiger partial charge on any atom is -0.480 e. The summed E-state index contributed by atoms with van der Waals surface area (Å²) in [7, 11) is 0. The van der Waals surface area contributed by atoms with Crippen LogP contribution < -0.4 is 11.1 Å². The molecule has 4 nitrogen and oxygen atoms in total. The van der Waals surface area contributed by atoms with Gasteiger partial charge in [-0.3, -0.25) is 0 Å². The van der Waals surface area contributed by atoms with Crippen LogP contribution >= 0.6 is 12.6 Å². The average molecular weight is 176 g/mol. The van der Waals surface area contributed by atoms with E-state index in [2.05, 4.69) is 17.9 Å². The van der Waals surface area contributed by atoms with Gasteiger partial charge in [0.1, 0.15) is 6.04 Å². The first-order valence-electron chi connectivity index (χ1n) is 3.13. The summed E-state index contributed by atoms with van der Waals surface area (Å²) in [5.41, 5.74) is 5.02. The molecule has 0 aliphatic heterocycles. The molecule has 0 aromatic carbocycles. The molecule has 0 spiro atoms. The van der Waals surface area contributed by atoms with Crippen molar-refractivity contribution in [3.8, 4) is 0 Å². The Bertz CT molecular complexity index is 159. The molecule has 0 aliphatic rings. The van der Waals surface area contributed by atoms with Crippen LogP contribution in [0.25, 0.3) is 0 Å². The van der Waals surface area contributed by atoms with Gasteiger partial charge in [0.2, 0.25) is 0 Å². The molecule has 0 aromatic heterocycles. The SMILES string of the molecule is C[C@H](S)[C@@H](N/C=C\N)C(=O)O. The number of carboxylic acid groups (broad SMARTS) is 1. The van der Waals surface area contributed by atoms with E-state index in [-0.39, 0.29) is 5.25 Å². The van der Waals surface area contributed by atoms with E-state index in [1.54, 1.807) is 6.92 Å². The van der Waals surface area contributed by atoms with Gasteiger partial charge in [0.05, 0.1) is 0 Å². The fraction of sp³-hybridized carbons (Fsp3) is 0.500. The van der Waals surface area contributed by atoms with Gasteiger partial charge in [0.15, 0.2) is 0 Å². The third-order valence-electron chi connectivity index (χ3n) is 1.12. The molecular weight excluding hydrogens is 164 g/mol. The van der Waals surface area contributed by atoms with Gasteiger partial charge in [-0.25, -0.2) is 4.79 Å². The maximum Gasteiger partial charge on any atom is 0.327 e. The molecule has 0 radical (unpaired) electrons. The number of hydrogen-bond donors (Lipinski definition) is 4. The lowest BCUT2D eigenvalue weighted by atomic mass is 10.2. The third-order valence-corrected chi connectivity index (χ3v) is 1.42. The highest BCUT2D eigenvalue weighted by Gasteiger charge is 2.19. The minimum absolute atomic E-state index is 0.260. The molecule has 0 unspecified atom stereocenters. The first-order chi connectivity index (χ1) is 5.09. The zero-order valence-corrected chi connectivity index (χ0v) is 7.08. The van der Waals surface area contributed by atoms with Crippen molar-refractivity contribution in [1.29, 1.82) is 0 Å². The van der Waals surface area contributed by atoms with Crippen molar-refractivity contribution < 1.29 is 9.90 Å². The van der Waals surface area contributed by atoms with Crippen LogP contribution in [0.3, 0.4) is 0 Å². The summed E-state index contributed by atoms with van der Waals surface area (Å²) in [4.78, 5) is 10.5. The van der Waals surface area contributed by atoms with Crippen LogP contribution in [0.2, 0.25) is 0 Å². The number of hydrogen-bond acceptors (Lipinski definition) is 4. The number of thiol groups is 1. The summed E-state index contributed by atoms with van der Waals surface area (Å²) in [6.07, 6.45) is 2.62. The smallest absolute Gasteiger partial charge is 0.327 e. The predicted octanol–water partition coefficient (Wildman–Crippen LogP) is -0.223. The number of carboxylic acids is 1. The van der Waals surface area contributed by atoms with E-state index in [1.165, 1.54) is 12.4 Å². The molecule has 0 aliphatic carbocycles. The second-order valence-corrected chi connectivity index (χ2v) is 2.90. The number of nitrogens with one attached hydrogen (secondary N) is 1. The van der Waals surface area contributed by atoms with Crippen molar-refractivity contribution >= 4 is 18.6 Å². The molecule has 64 valence electrons. The van der Waals surface area contributed by atoms with Crippen molar-refractivity contribution in [2.24, 2.45) is 5.73 Å². The number of carbonyl (C=O) groups is 1. The van der Waals surface area contributed by atoms with Crippen LogP contribution in [-0.2, 0) is 4.79 Å². The topological polar surface area (TPSA) is 75.3 Å². The van der Waals surface area contributed by atoms with Crippen LogP contribution in [0.4, 0.5) is 0 Å². The van der Waals surface area contributed by atoms with E-state index in [1.807, 2.05) is 0 Å². The van der Waals surface area contributed by atoms with Gasteiger partial charge in [0, 0.05) is 17.6 Å². The van der Waals surface area contributed by atoms with Crippen LogP contribution in [0.1, 0.15) is 6.92 Å². The second kappa shape index (κ2) is 4.90. The van der Waals surface area contributed by atoms with E-state index < -0.39 is 12.0 Å². The van der Waals surface area contributed by atoms with E-state index in [0.717, 1.165) is 0 Å². The molecular formula is C6H12N2O2S. The Hall–Kier alpha value is -0.840. The zero-order chi connectivity index (χ0) is 8.85. The maximum atomic E-state index is 10.5. The molecule has 0 aromatic rings. The van der Waals surface area contributed by atoms with E-state index in [0.29, 0.717) is 0 Å². The van der Waals surface area contributed by atoms with Gasteiger partial charge < -0.3 is 16.2 Å². The molecule has 11 heavy (non-hydrogen) atoms. The van der Waals surface area contributed by atoms with Crippen molar-refractivity contribution in [2.75, 3.05) is 0 Å². The lowest BCUT2D eigenvalue weighted by Gasteiger charge is -2.14. The normalized spacial score (nSPS) is 16.2. The molecule has 0 rings (SSSR count). The Morgan fingerprint density at radius 2 is 2.36 bits per heavy atom. The van der Waals surface area contributed by atoms with Crippen LogP contribution in [-0.4, -0.2) is 22.4 Å². The van der Waals surface area contributed by atoms with Gasteiger partial charge in [-0.05, 0) is 0 Å². The molecule has 0 saturated heterocycles. The molecule has 5 heteroatoms. The minimum atomic E-state index is -0.939. The highest BCUT2D eigenvalue weighted by atomic mass is 32.1. The van der Waals surface area contributed by atoms with Crippen molar-refractivity contribution in [1.82, 2.24) is 5.32 Å². The van der Waals surface area contributed by atoms with E-state index in [4.69, 9.17) is 10.8 Å². The Balaban J connectivity index is 4.00. The largest absolute Gasteiger partial charge is 0.480 e. The number of nitrogens with two attached hydrogens (primary N) is 1. The highest BCUT2D eigenvalue weighted by molar-refractivity contribution is 7.81. The van der Waals surface area contributed by atoms with Gasteiger partial charge in [0.25, 0.3) is 0 Å². The highest BCUT2D eigenvalue weighted by Crippen LogP contribution is 2.00. The molecule has 4 N–H and O–H groups in total. The fourth-order valence-electron chi connectivity index (χ4n) is 0.576. The Morgan fingerprint density at radius 3 is 2.64 bits per heavy atom. The third kappa shape index (κ3) is 3.77. The zero-order valence-electron chi connectivity index (χ0n) is 6.19. The summed E-state index contributed by atoms with van der Waals surface area (Å²) in [6, 6.07) is -0.696. The van der Waals surface area contributed by atoms with Crippen LogP contribution in [0, 0.1) is 0 Å². The van der Waals surface area contributed by atoms with Gasteiger partial charge in [-0.2, -0.15) is 12.6 Å². The standard InChI is InChI=1S/C6H12N2O2S/c1-4(11)5(6(9)10)8-3-2-7/h2-5,8,11H,7H2,1H3,(H,9,10)/b3-2-/t4-,5+/m0/s1.